The van der Waals surface area contributed by atoms with Crippen LogP contribution in [0.1, 0.15) is 21.7 Å². The summed E-state index contributed by atoms with van der Waals surface area (Å²) in [6.07, 6.45) is -0.0583. The van der Waals surface area contributed by atoms with Gasteiger partial charge < -0.3 is 10.4 Å². The van der Waals surface area contributed by atoms with Crippen molar-refractivity contribution in [1.82, 2.24) is 5.32 Å². The van der Waals surface area contributed by atoms with Crippen molar-refractivity contribution in [2.24, 2.45) is 0 Å². The Morgan fingerprint density at radius 2 is 2.27 bits per heavy atom. The molecular weight excluding hydrogens is 282 g/mol. The van der Waals surface area contributed by atoms with Gasteiger partial charge in [-0.1, -0.05) is 0 Å². The topological polar surface area (TPSA) is 66.4 Å². The van der Waals surface area contributed by atoms with Crippen LogP contribution in [0.3, 0.4) is 0 Å². The highest BCUT2D eigenvalue weighted by atomic mass is 79.9. The van der Waals surface area contributed by atoms with Crippen LogP contribution in [0.5, 0.6) is 0 Å². The average molecular weight is 292 g/mol. The number of carbonyl (C=O) groups excluding carboxylic acids is 1. The van der Waals surface area contributed by atoms with E-state index < -0.39 is 5.97 Å². The zero-order valence-electron chi connectivity index (χ0n) is 8.04. The first-order chi connectivity index (χ1) is 7.00. The summed E-state index contributed by atoms with van der Waals surface area (Å²) >= 11 is 4.66. The van der Waals surface area contributed by atoms with Crippen LogP contribution in [0.2, 0.25) is 0 Å². The quantitative estimate of drug-likeness (QED) is 0.892. The maximum Gasteiger partial charge on any atom is 0.305 e. The fourth-order valence-corrected chi connectivity index (χ4v) is 2.39. The lowest BCUT2D eigenvalue weighted by molar-refractivity contribution is -0.136. The zero-order valence-corrected chi connectivity index (χ0v) is 10.4. The Hall–Kier alpha value is -0.880. The molecule has 1 aromatic rings. The Labute approximate surface area is 99.4 Å². The molecular formula is C9H10BrNO3S. The van der Waals surface area contributed by atoms with Crippen molar-refractivity contribution in [1.29, 1.82) is 0 Å². The van der Waals surface area contributed by atoms with Gasteiger partial charge in [-0.3, -0.25) is 9.59 Å². The molecule has 0 aliphatic rings. The number of aryl methyl sites for hydroxylation is 1. The summed E-state index contributed by atoms with van der Waals surface area (Å²) in [4.78, 5) is 22.3. The third kappa shape index (κ3) is 3.64. The van der Waals surface area contributed by atoms with E-state index in [0.29, 0.717) is 4.88 Å². The van der Waals surface area contributed by atoms with Crippen LogP contribution < -0.4 is 5.32 Å². The second-order valence-corrected chi connectivity index (χ2v) is 5.34. The zero-order chi connectivity index (χ0) is 11.4. The molecule has 2 N–H and O–H groups in total. The van der Waals surface area contributed by atoms with Crippen molar-refractivity contribution in [2.75, 3.05) is 6.54 Å². The third-order valence-corrected chi connectivity index (χ3v) is 3.84. The van der Waals surface area contributed by atoms with Gasteiger partial charge >= 0.3 is 5.97 Å². The van der Waals surface area contributed by atoms with Crippen LogP contribution in [0.4, 0.5) is 0 Å². The molecule has 0 aromatic carbocycles. The number of carboxylic acid groups (broad SMARTS) is 1. The fourth-order valence-electron chi connectivity index (χ4n) is 0.942. The Kier molecular flexibility index (Phi) is 4.28. The van der Waals surface area contributed by atoms with Gasteiger partial charge in [-0.15, -0.1) is 11.3 Å². The van der Waals surface area contributed by atoms with Gasteiger partial charge in [-0.05, 0) is 34.5 Å². The monoisotopic (exact) mass is 291 g/mol. The summed E-state index contributed by atoms with van der Waals surface area (Å²) < 4.78 is 0.922. The Morgan fingerprint density at radius 3 is 2.73 bits per heavy atom. The highest BCUT2D eigenvalue weighted by molar-refractivity contribution is 9.11. The van der Waals surface area contributed by atoms with E-state index in [-0.39, 0.29) is 18.9 Å². The fraction of sp³-hybridized carbons (Fsp3) is 0.333. The summed E-state index contributed by atoms with van der Waals surface area (Å²) in [5.41, 5.74) is 1.00. The summed E-state index contributed by atoms with van der Waals surface area (Å²) in [5, 5.41) is 10.9. The van der Waals surface area contributed by atoms with Gasteiger partial charge in [0.05, 0.1) is 15.1 Å². The molecule has 4 nitrogen and oxygen atoms in total. The molecule has 0 saturated heterocycles. The van der Waals surface area contributed by atoms with E-state index >= 15 is 0 Å². The van der Waals surface area contributed by atoms with Crippen LogP contribution in [0.15, 0.2) is 9.85 Å². The highest BCUT2D eigenvalue weighted by Crippen LogP contribution is 2.27. The lowest BCUT2D eigenvalue weighted by Crippen LogP contribution is -2.25. The highest BCUT2D eigenvalue weighted by Gasteiger charge is 2.10. The number of hydrogen-bond donors (Lipinski definition) is 2. The molecule has 0 fully saturated rings. The SMILES string of the molecule is Cc1cc(C(=O)NCCC(=O)O)sc1Br. The van der Waals surface area contributed by atoms with Gasteiger partial charge in [-0.25, -0.2) is 0 Å². The van der Waals surface area contributed by atoms with Crippen LogP contribution in [0, 0.1) is 6.92 Å². The molecule has 15 heavy (non-hydrogen) atoms. The first-order valence-electron chi connectivity index (χ1n) is 4.26. The van der Waals surface area contributed by atoms with Crippen molar-refractivity contribution in [3.8, 4) is 0 Å². The molecule has 0 bridgehead atoms. The number of hydrogen-bond acceptors (Lipinski definition) is 3. The van der Waals surface area contributed by atoms with E-state index in [4.69, 9.17) is 5.11 Å². The van der Waals surface area contributed by atoms with Gasteiger partial charge in [0, 0.05) is 6.54 Å². The molecule has 6 heteroatoms. The van der Waals surface area contributed by atoms with Gasteiger partial charge in [-0.2, -0.15) is 0 Å². The Balaban J connectivity index is 2.50. The van der Waals surface area contributed by atoms with Gasteiger partial charge in [0.2, 0.25) is 0 Å². The normalized spacial score (nSPS) is 10.0. The lowest BCUT2D eigenvalue weighted by Gasteiger charge is -1.99. The average Bonchev–Trinajstić information content (AvgIpc) is 2.46. The second kappa shape index (κ2) is 5.27. The molecule has 0 atom stereocenters. The number of rotatable bonds is 4. The van der Waals surface area contributed by atoms with Crippen molar-refractivity contribution >= 4 is 39.1 Å². The predicted octanol–water partition coefficient (Wildman–Crippen LogP) is 2.02. The lowest BCUT2D eigenvalue weighted by atomic mass is 10.3. The van der Waals surface area contributed by atoms with Crippen molar-refractivity contribution in [3.63, 3.8) is 0 Å². The minimum Gasteiger partial charge on any atom is -0.481 e. The molecule has 0 aliphatic carbocycles. The second-order valence-electron chi connectivity index (χ2n) is 2.97. The summed E-state index contributed by atoms with van der Waals surface area (Å²) in [7, 11) is 0. The minimum atomic E-state index is -0.918. The van der Waals surface area contributed by atoms with E-state index in [2.05, 4.69) is 21.2 Å². The summed E-state index contributed by atoms with van der Waals surface area (Å²) in [5.74, 6) is -1.14. The smallest absolute Gasteiger partial charge is 0.305 e. The number of halogens is 1. The molecule has 1 aromatic heterocycles. The number of amides is 1. The molecule has 1 rings (SSSR count). The predicted molar refractivity (Wildman–Crippen MR) is 61.3 cm³/mol. The molecule has 0 spiro atoms. The first kappa shape index (κ1) is 12.2. The van der Waals surface area contributed by atoms with E-state index in [1.165, 1.54) is 11.3 Å². The molecule has 0 unspecified atom stereocenters. The number of thiophene rings is 1. The first-order valence-corrected chi connectivity index (χ1v) is 5.87. The van der Waals surface area contributed by atoms with Crippen LogP contribution >= 0.6 is 27.3 Å². The number of nitrogens with one attached hydrogen (secondary N) is 1. The Morgan fingerprint density at radius 1 is 1.60 bits per heavy atom. The molecule has 0 aliphatic heterocycles. The van der Waals surface area contributed by atoms with Gasteiger partial charge in [0.1, 0.15) is 0 Å². The van der Waals surface area contributed by atoms with Crippen LogP contribution in [-0.2, 0) is 4.79 Å². The number of carbonyl (C=O) groups is 2. The van der Waals surface area contributed by atoms with Crippen molar-refractivity contribution in [3.05, 3.63) is 20.3 Å². The van der Waals surface area contributed by atoms with E-state index in [1.807, 2.05) is 6.92 Å². The van der Waals surface area contributed by atoms with E-state index in [0.717, 1.165) is 9.35 Å². The van der Waals surface area contributed by atoms with Crippen molar-refractivity contribution in [2.45, 2.75) is 13.3 Å². The molecule has 0 saturated carbocycles. The van der Waals surface area contributed by atoms with Gasteiger partial charge in [0.15, 0.2) is 0 Å². The molecule has 0 radical (unpaired) electrons. The van der Waals surface area contributed by atoms with Gasteiger partial charge in [0.25, 0.3) is 5.91 Å². The largest absolute Gasteiger partial charge is 0.481 e. The van der Waals surface area contributed by atoms with E-state index in [1.54, 1.807) is 6.07 Å². The maximum absolute atomic E-state index is 11.5. The number of carboxylic acids is 1. The maximum atomic E-state index is 11.5. The molecule has 1 heterocycles. The van der Waals surface area contributed by atoms with E-state index in [9.17, 15) is 9.59 Å². The summed E-state index contributed by atoms with van der Waals surface area (Å²) in [6, 6.07) is 1.77. The number of aliphatic carboxylic acids is 1. The van der Waals surface area contributed by atoms with Crippen LogP contribution in [0.25, 0.3) is 0 Å². The van der Waals surface area contributed by atoms with Crippen molar-refractivity contribution < 1.29 is 14.7 Å². The van der Waals surface area contributed by atoms with Crippen LogP contribution in [-0.4, -0.2) is 23.5 Å². The summed E-state index contributed by atoms with van der Waals surface area (Å²) in [6.45, 7) is 2.05. The minimum absolute atomic E-state index is 0.0583. The Bertz CT molecular complexity index is 369. The standard InChI is InChI=1S/C9H10BrNO3S/c1-5-4-6(15-8(5)10)9(14)11-3-2-7(12)13/h4H,2-3H2,1H3,(H,11,14)(H,12,13). The molecule has 82 valence electrons. The third-order valence-electron chi connectivity index (χ3n) is 1.71. The molecule has 1 amide bonds.